The monoisotopic (exact) mass is 171 g/mol. The van der Waals surface area contributed by atoms with E-state index in [4.69, 9.17) is 17.3 Å². The van der Waals surface area contributed by atoms with Crippen molar-refractivity contribution >= 4 is 17.5 Å². The van der Waals surface area contributed by atoms with Crippen LogP contribution in [0.3, 0.4) is 0 Å². The summed E-state index contributed by atoms with van der Waals surface area (Å²) in [6.45, 7) is 2.08. The summed E-state index contributed by atoms with van der Waals surface area (Å²) < 4.78 is 0. The summed E-state index contributed by atoms with van der Waals surface area (Å²) in [7, 11) is 0. The van der Waals surface area contributed by atoms with Crippen LogP contribution in [0, 0.1) is 0 Å². The van der Waals surface area contributed by atoms with Crippen molar-refractivity contribution in [2.24, 2.45) is 0 Å². The number of halogens is 1. The lowest BCUT2D eigenvalue weighted by Crippen LogP contribution is -1.97. The molecule has 0 unspecified atom stereocenters. The van der Waals surface area contributed by atoms with Crippen molar-refractivity contribution in [3.05, 3.63) is 16.9 Å². The first-order chi connectivity index (χ1) is 5.24. The molecule has 0 saturated carbocycles. The Morgan fingerprint density at radius 2 is 2.36 bits per heavy atom. The maximum absolute atomic E-state index is 5.78. The number of rotatable bonds is 2. The fraction of sp³-hybridized carbons (Fsp3) is 0.429. The zero-order valence-corrected chi connectivity index (χ0v) is 7.10. The molecule has 1 rings (SSSR count). The molecule has 11 heavy (non-hydrogen) atoms. The van der Waals surface area contributed by atoms with Crippen LogP contribution in [-0.2, 0) is 6.42 Å². The molecule has 0 bridgehead atoms. The SMILES string of the molecule is CCCc1cnc(N)nc1Cl. The summed E-state index contributed by atoms with van der Waals surface area (Å²) >= 11 is 5.78. The predicted molar refractivity (Wildman–Crippen MR) is 45.4 cm³/mol. The van der Waals surface area contributed by atoms with Gasteiger partial charge in [-0.05, 0) is 6.42 Å². The molecule has 0 saturated heterocycles. The largest absolute Gasteiger partial charge is 0.368 e. The second-order valence-electron chi connectivity index (χ2n) is 2.29. The molecule has 1 heterocycles. The first-order valence-electron chi connectivity index (χ1n) is 3.51. The zero-order valence-electron chi connectivity index (χ0n) is 6.34. The summed E-state index contributed by atoms with van der Waals surface area (Å²) in [5.74, 6) is 0.231. The van der Waals surface area contributed by atoms with Crippen molar-refractivity contribution in [2.75, 3.05) is 5.73 Å². The smallest absolute Gasteiger partial charge is 0.221 e. The molecule has 0 aliphatic heterocycles. The molecule has 0 aliphatic carbocycles. The van der Waals surface area contributed by atoms with Gasteiger partial charge in [-0.3, -0.25) is 0 Å². The van der Waals surface area contributed by atoms with Crippen LogP contribution in [0.2, 0.25) is 5.15 Å². The topological polar surface area (TPSA) is 51.8 Å². The van der Waals surface area contributed by atoms with Gasteiger partial charge in [0.25, 0.3) is 0 Å². The number of aryl methyl sites for hydroxylation is 1. The second kappa shape index (κ2) is 3.53. The van der Waals surface area contributed by atoms with E-state index in [0.29, 0.717) is 5.15 Å². The van der Waals surface area contributed by atoms with E-state index in [1.54, 1.807) is 6.20 Å². The van der Waals surface area contributed by atoms with Crippen molar-refractivity contribution in [3.63, 3.8) is 0 Å². The number of aromatic nitrogens is 2. The Labute approximate surface area is 70.6 Å². The molecular formula is C7H10ClN3. The average molecular weight is 172 g/mol. The molecule has 2 N–H and O–H groups in total. The van der Waals surface area contributed by atoms with Crippen LogP contribution in [0.25, 0.3) is 0 Å². The molecule has 3 nitrogen and oxygen atoms in total. The van der Waals surface area contributed by atoms with E-state index >= 15 is 0 Å². The fourth-order valence-electron chi connectivity index (χ4n) is 0.836. The minimum absolute atomic E-state index is 0.231. The number of nitrogens with two attached hydrogens (primary N) is 1. The van der Waals surface area contributed by atoms with Crippen LogP contribution >= 0.6 is 11.6 Å². The molecule has 0 radical (unpaired) electrons. The molecule has 0 spiro atoms. The molecule has 0 aromatic carbocycles. The van der Waals surface area contributed by atoms with Crippen molar-refractivity contribution in [1.29, 1.82) is 0 Å². The maximum atomic E-state index is 5.78. The van der Waals surface area contributed by atoms with Crippen molar-refractivity contribution in [2.45, 2.75) is 19.8 Å². The highest BCUT2D eigenvalue weighted by Crippen LogP contribution is 2.13. The molecular weight excluding hydrogens is 162 g/mol. The van der Waals surface area contributed by atoms with E-state index in [1.165, 1.54) is 0 Å². The highest BCUT2D eigenvalue weighted by Gasteiger charge is 2.00. The van der Waals surface area contributed by atoms with Crippen molar-refractivity contribution < 1.29 is 0 Å². The molecule has 60 valence electrons. The number of anilines is 1. The molecule has 4 heteroatoms. The van der Waals surface area contributed by atoms with E-state index in [2.05, 4.69) is 16.9 Å². The van der Waals surface area contributed by atoms with Gasteiger partial charge in [-0.15, -0.1) is 0 Å². The third-order valence-corrected chi connectivity index (χ3v) is 1.68. The molecule has 1 aromatic rings. The fourth-order valence-corrected chi connectivity index (χ4v) is 1.07. The molecule has 0 atom stereocenters. The number of hydrogen-bond acceptors (Lipinski definition) is 3. The van der Waals surface area contributed by atoms with Gasteiger partial charge in [0.1, 0.15) is 5.15 Å². The predicted octanol–water partition coefficient (Wildman–Crippen LogP) is 1.66. The number of nitrogen functional groups attached to an aromatic ring is 1. The molecule has 1 aromatic heterocycles. The number of hydrogen-bond donors (Lipinski definition) is 1. The van der Waals surface area contributed by atoms with Crippen LogP contribution in [0.1, 0.15) is 18.9 Å². The van der Waals surface area contributed by atoms with E-state index in [9.17, 15) is 0 Å². The summed E-state index contributed by atoms with van der Waals surface area (Å²) in [6, 6.07) is 0. The average Bonchev–Trinajstić information content (AvgIpc) is 1.95. The standard InChI is InChI=1S/C7H10ClN3/c1-2-3-5-4-10-7(9)11-6(5)8/h4H,2-3H2,1H3,(H2,9,10,11). The van der Waals surface area contributed by atoms with E-state index in [-0.39, 0.29) is 5.95 Å². The van der Waals surface area contributed by atoms with Gasteiger partial charge < -0.3 is 5.73 Å². The molecule has 0 fully saturated rings. The van der Waals surface area contributed by atoms with Gasteiger partial charge in [0.2, 0.25) is 5.95 Å². The van der Waals surface area contributed by atoms with Gasteiger partial charge >= 0.3 is 0 Å². The van der Waals surface area contributed by atoms with Gasteiger partial charge in [-0.25, -0.2) is 9.97 Å². The van der Waals surface area contributed by atoms with Crippen LogP contribution in [0.5, 0.6) is 0 Å². The summed E-state index contributed by atoms with van der Waals surface area (Å²) in [5, 5.41) is 0.472. The van der Waals surface area contributed by atoms with Gasteiger partial charge in [0.15, 0.2) is 0 Å². The second-order valence-corrected chi connectivity index (χ2v) is 2.65. The van der Waals surface area contributed by atoms with Crippen LogP contribution in [0.15, 0.2) is 6.20 Å². The Kier molecular flexibility index (Phi) is 2.65. The van der Waals surface area contributed by atoms with Crippen LogP contribution in [-0.4, -0.2) is 9.97 Å². The van der Waals surface area contributed by atoms with Gasteiger partial charge in [-0.1, -0.05) is 24.9 Å². The minimum Gasteiger partial charge on any atom is -0.368 e. The van der Waals surface area contributed by atoms with E-state index < -0.39 is 0 Å². The van der Waals surface area contributed by atoms with Crippen LogP contribution < -0.4 is 5.73 Å². The Balaban J connectivity index is 2.90. The third kappa shape index (κ3) is 2.05. The molecule has 0 aliphatic rings. The van der Waals surface area contributed by atoms with Gasteiger partial charge in [-0.2, -0.15) is 0 Å². The minimum atomic E-state index is 0.231. The van der Waals surface area contributed by atoms with Crippen molar-refractivity contribution in [3.8, 4) is 0 Å². The lowest BCUT2D eigenvalue weighted by Gasteiger charge is -1.99. The zero-order chi connectivity index (χ0) is 8.27. The Morgan fingerprint density at radius 1 is 1.64 bits per heavy atom. The van der Waals surface area contributed by atoms with E-state index in [0.717, 1.165) is 18.4 Å². The Bertz CT molecular complexity index is 249. The Hall–Kier alpha value is -0.830. The highest BCUT2D eigenvalue weighted by atomic mass is 35.5. The quantitative estimate of drug-likeness (QED) is 0.689. The lowest BCUT2D eigenvalue weighted by atomic mass is 10.2. The summed E-state index contributed by atoms with van der Waals surface area (Å²) in [4.78, 5) is 7.67. The third-order valence-electron chi connectivity index (χ3n) is 1.35. The normalized spacial score (nSPS) is 10.0. The first-order valence-corrected chi connectivity index (χ1v) is 3.88. The summed E-state index contributed by atoms with van der Waals surface area (Å²) in [5.41, 5.74) is 6.28. The van der Waals surface area contributed by atoms with Crippen LogP contribution in [0.4, 0.5) is 5.95 Å². The van der Waals surface area contributed by atoms with Gasteiger partial charge in [0.05, 0.1) is 0 Å². The first kappa shape index (κ1) is 8.27. The number of nitrogens with zero attached hydrogens (tertiary/aromatic N) is 2. The maximum Gasteiger partial charge on any atom is 0.221 e. The van der Waals surface area contributed by atoms with E-state index in [1.807, 2.05) is 0 Å². The van der Waals surface area contributed by atoms with Crippen molar-refractivity contribution in [1.82, 2.24) is 9.97 Å². The Morgan fingerprint density at radius 3 is 2.91 bits per heavy atom. The highest BCUT2D eigenvalue weighted by molar-refractivity contribution is 6.30. The summed E-state index contributed by atoms with van der Waals surface area (Å²) in [6.07, 6.45) is 3.61. The van der Waals surface area contributed by atoms with Gasteiger partial charge in [0, 0.05) is 11.8 Å². The lowest BCUT2D eigenvalue weighted by molar-refractivity contribution is 0.903. The molecule has 0 amide bonds.